The summed E-state index contributed by atoms with van der Waals surface area (Å²) in [5.41, 5.74) is 4.84. The van der Waals surface area contributed by atoms with Crippen LogP contribution >= 0.6 is 0 Å². The van der Waals surface area contributed by atoms with E-state index in [1.807, 2.05) is 0 Å². The molecule has 0 saturated carbocycles. The molecule has 224 valence electrons. The van der Waals surface area contributed by atoms with Gasteiger partial charge in [-0.05, 0) is 54.1 Å². The third-order valence-corrected chi connectivity index (χ3v) is 7.17. The van der Waals surface area contributed by atoms with Gasteiger partial charge >= 0.3 is 6.18 Å². The molecule has 2 aromatic heterocycles. The van der Waals surface area contributed by atoms with E-state index in [1.54, 1.807) is 0 Å². The number of carbonyl (C=O) groups is 2. The van der Waals surface area contributed by atoms with Crippen molar-refractivity contribution in [2.24, 2.45) is 0 Å². The fourth-order valence-electron chi connectivity index (χ4n) is 4.76. The Labute approximate surface area is 241 Å². The normalized spacial score (nSPS) is 15.3. The Bertz CT molecular complexity index is 1700. The minimum atomic E-state index is -4.76. The van der Waals surface area contributed by atoms with E-state index in [9.17, 15) is 35.9 Å². The van der Waals surface area contributed by atoms with Crippen LogP contribution in [0.2, 0.25) is 0 Å². The van der Waals surface area contributed by atoms with Gasteiger partial charge in [-0.3, -0.25) is 14.6 Å². The molecule has 2 N–H and O–H groups in total. The number of aryl methyl sites for hydroxylation is 1. The Kier molecular flexibility index (Phi) is 8.04. The standard InChI is InChI=1S/C31H25F6N3O3/c32-25-13-18(2-7-26(25)38)1-4-22(41)5-6-23-15-21-14-20(16-24(28(21)43-23)31(35,36)37)27-8-3-19(17-39-27)29(42)40-11-9-30(33,34)10-12-40/h1-4,7-8,13-17H,5-6,9-12,38H2/b4-1+. The van der Waals surface area contributed by atoms with Gasteiger partial charge in [0.05, 0.1) is 22.5 Å². The maximum Gasteiger partial charge on any atom is 0.420 e. The number of likely N-dealkylation sites (tertiary alicyclic amines) is 1. The van der Waals surface area contributed by atoms with E-state index in [-0.39, 0.29) is 71.0 Å². The number of rotatable bonds is 7. The summed E-state index contributed by atoms with van der Waals surface area (Å²) in [5.74, 6) is -4.09. The quantitative estimate of drug-likeness (QED) is 0.136. The Balaban J connectivity index is 1.33. The van der Waals surface area contributed by atoms with Crippen molar-refractivity contribution in [2.45, 2.75) is 37.8 Å². The van der Waals surface area contributed by atoms with Crippen LogP contribution in [-0.4, -0.2) is 40.6 Å². The number of fused-ring (bicyclic) bond motifs is 1. The Morgan fingerprint density at radius 3 is 2.44 bits per heavy atom. The number of pyridine rings is 1. The average molecular weight is 602 g/mol. The number of halogens is 6. The van der Waals surface area contributed by atoms with Crippen molar-refractivity contribution in [3.8, 4) is 11.3 Å². The maximum atomic E-state index is 14.0. The summed E-state index contributed by atoms with van der Waals surface area (Å²) in [4.78, 5) is 30.5. The molecule has 0 atom stereocenters. The SMILES string of the molecule is Nc1ccc(/C=C/C(=O)CCc2cc3cc(-c4ccc(C(=O)N5CCC(F)(F)CC5)cn4)cc(C(F)(F)F)c3o2)cc1F. The third kappa shape index (κ3) is 6.90. The summed E-state index contributed by atoms with van der Waals surface area (Å²) in [6.07, 6.45) is -1.81. The number of furan rings is 1. The van der Waals surface area contributed by atoms with Gasteiger partial charge < -0.3 is 15.1 Å². The monoisotopic (exact) mass is 601 g/mol. The van der Waals surface area contributed by atoms with Crippen molar-refractivity contribution in [1.82, 2.24) is 9.88 Å². The van der Waals surface area contributed by atoms with Gasteiger partial charge in [-0.2, -0.15) is 13.2 Å². The van der Waals surface area contributed by atoms with Crippen LogP contribution in [-0.2, 0) is 17.4 Å². The number of benzene rings is 2. The van der Waals surface area contributed by atoms with Gasteiger partial charge in [0.15, 0.2) is 5.78 Å². The van der Waals surface area contributed by atoms with Gasteiger partial charge in [-0.1, -0.05) is 12.1 Å². The van der Waals surface area contributed by atoms with E-state index in [0.29, 0.717) is 5.56 Å². The molecule has 43 heavy (non-hydrogen) atoms. The molecule has 1 aliphatic heterocycles. The van der Waals surface area contributed by atoms with Crippen LogP contribution in [0, 0.1) is 5.82 Å². The predicted molar refractivity (Wildman–Crippen MR) is 148 cm³/mol. The summed E-state index contributed by atoms with van der Waals surface area (Å²) in [7, 11) is 0. The molecule has 3 heterocycles. The topological polar surface area (TPSA) is 89.4 Å². The molecule has 0 unspecified atom stereocenters. The van der Waals surface area contributed by atoms with Crippen LogP contribution in [0.4, 0.5) is 32.0 Å². The second-order valence-corrected chi connectivity index (χ2v) is 10.3. The number of anilines is 1. The summed E-state index contributed by atoms with van der Waals surface area (Å²) in [6, 6.07) is 10.6. The van der Waals surface area contributed by atoms with Crippen LogP contribution in [0.3, 0.4) is 0 Å². The first-order valence-corrected chi connectivity index (χ1v) is 13.3. The number of aromatic nitrogens is 1. The number of carbonyl (C=O) groups excluding carboxylic acids is 2. The zero-order valence-electron chi connectivity index (χ0n) is 22.6. The number of ketones is 1. The molecule has 0 bridgehead atoms. The highest BCUT2D eigenvalue weighted by atomic mass is 19.4. The lowest BCUT2D eigenvalue weighted by Crippen LogP contribution is -2.42. The molecule has 1 saturated heterocycles. The fourth-order valence-corrected chi connectivity index (χ4v) is 4.76. The van der Waals surface area contributed by atoms with E-state index < -0.39 is 42.2 Å². The number of piperidine rings is 1. The number of allylic oxidation sites excluding steroid dienone is 1. The Hall–Kier alpha value is -4.61. The molecular formula is C31H25F6N3O3. The van der Waals surface area contributed by atoms with E-state index in [0.717, 1.165) is 6.07 Å². The first-order chi connectivity index (χ1) is 20.3. The molecule has 0 spiro atoms. The number of nitrogen functional groups attached to an aromatic ring is 1. The van der Waals surface area contributed by atoms with Crippen molar-refractivity contribution < 1.29 is 40.3 Å². The highest BCUT2D eigenvalue weighted by Crippen LogP contribution is 2.39. The minimum absolute atomic E-state index is 0.0257. The summed E-state index contributed by atoms with van der Waals surface area (Å²) >= 11 is 0. The molecule has 0 radical (unpaired) electrons. The lowest BCUT2D eigenvalue weighted by Gasteiger charge is -2.31. The Morgan fingerprint density at radius 1 is 1.05 bits per heavy atom. The second-order valence-electron chi connectivity index (χ2n) is 10.3. The molecule has 1 fully saturated rings. The number of nitrogens with two attached hydrogens (primary N) is 1. The summed E-state index contributed by atoms with van der Waals surface area (Å²) < 4.78 is 88.0. The van der Waals surface area contributed by atoms with Gasteiger partial charge in [0, 0.05) is 55.9 Å². The smallest absolute Gasteiger partial charge is 0.420 e. The van der Waals surface area contributed by atoms with Crippen LogP contribution < -0.4 is 5.73 Å². The number of nitrogens with zero attached hydrogens (tertiary/aromatic N) is 2. The molecule has 2 aromatic carbocycles. The number of amides is 1. The highest BCUT2D eigenvalue weighted by molar-refractivity contribution is 5.95. The van der Waals surface area contributed by atoms with Gasteiger partial charge in [0.25, 0.3) is 11.8 Å². The molecule has 6 nitrogen and oxygen atoms in total. The van der Waals surface area contributed by atoms with E-state index in [1.165, 1.54) is 65.7 Å². The first-order valence-electron chi connectivity index (χ1n) is 13.3. The van der Waals surface area contributed by atoms with Crippen LogP contribution in [0.1, 0.15) is 46.5 Å². The summed E-state index contributed by atoms with van der Waals surface area (Å²) in [6.45, 7) is -0.209. The molecule has 12 heteroatoms. The van der Waals surface area contributed by atoms with Crippen LogP contribution in [0.15, 0.2) is 65.2 Å². The fraction of sp³-hybridized carbons (Fsp3) is 0.258. The van der Waals surface area contributed by atoms with Gasteiger partial charge in [-0.15, -0.1) is 0 Å². The predicted octanol–water partition coefficient (Wildman–Crippen LogP) is 7.32. The van der Waals surface area contributed by atoms with Crippen LogP contribution in [0.25, 0.3) is 28.3 Å². The number of alkyl halides is 5. The van der Waals surface area contributed by atoms with Gasteiger partial charge in [0.1, 0.15) is 17.2 Å². The largest absolute Gasteiger partial charge is 0.460 e. The van der Waals surface area contributed by atoms with Gasteiger partial charge in [-0.25, -0.2) is 13.2 Å². The van der Waals surface area contributed by atoms with E-state index in [2.05, 4.69) is 4.98 Å². The average Bonchev–Trinajstić information content (AvgIpc) is 3.38. The number of hydrogen-bond donors (Lipinski definition) is 1. The first kappa shape index (κ1) is 29.9. The zero-order valence-corrected chi connectivity index (χ0v) is 22.6. The van der Waals surface area contributed by atoms with Crippen molar-refractivity contribution >= 4 is 34.4 Å². The maximum absolute atomic E-state index is 14.0. The lowest BCUT2D eigenvalue weighted by molar-refractivity contribution is -0.136. The van der Waals surface area contributed by atoms with Crippen molar-refractivity contribution in [3.05, 3.63) is 89.1 Å². The van der Waals surface area contributed by atoms with E-state index in [4.69, 9.17) is 10.2 Å². The van der Waals surface area contributed by atoms with Crippen molar-refractivity contribution in [1.29, 1.82) is 0 Å². The molecule has 1 aliphatic rings. The Morgan fingerprint density at radius 2 is 1.79 bits per heavy atom. The zero-order chi connectivity index (χ0) is 30.9. The third-order valence-electron chi connectivity index (χ3n) is 7.17. The highest BCUT2D eigenvalue weighted by Gasteiger charge is 2.37. The van der Waals surface area contributed by atoms with Crippen molar-refractivity contribution in [3.63, 3.8) is 0 Å². The lowest BCUT2D eigenvalue weighted by atomic mass is 10.0. The molecule has 0 aliphatic carbocycles. The molecular weight excluding hydrogens is 576 g/mol. The van der Waals surface area contributed by atoms with Crippen LogP contribution in [0.5, 0.6) is 0 Å². The minimum Gasteiger partial charge on any atom is -0.460 e. The van der Waals surface area contributed by atoms with E-state index >= 15 is 0 Å². The molecule has 5 rings (SSSR count). The second kappa shape index (κ2) is 11.6. The number of hydrogen-bond acceptors (Lipinski definition) is 5. The molecule has 1 amide bonds. The van der Waals surface area contributed by atoms with Gasteiger partial charge in [0.2, 0.25) is 0 Å². The summed E-state index contributed by atoms with van der Waals surface area (Å²) in [5, 5.41) is 0.149. The molecule has 4 aromatic rings. The van der Waals surface area contributed by atoms with Crippen molar-refractivity contribution in [2.75, 3.05) is 18.8 Å².